The zero-order chi connectivity index (χ0) is 18.6. The van der Waals surface area contributed by atoms with Crippen LogP contribution in [0.5, 0.6) is 0 Å². The van der Waals surface area contributed by atoms with E-state index < -0.39 is 0 Å². The lowest BCUT2D eigenvalue weighted by Gasteiger charge is -2.06. The van der Waals surface area contributed by atoms with Gasteiger partial charge in [-0.3, -0.25) is 4.79 Å². The number of amides is 1. The summed E-state index contributed by atoms with van der Waals surface area (Å²) in [7, 11) is 0. The molecule has 2 aromatic carbocycles. The SMILES string of the molecule is O=C(Nc1ccc(F)cc1)c1ccc(SCc2ccc3nonc3c2)nc1. The van der Waals surface area contributed by atoms with E-state index in [1.807, 2.05) is 18.2 Å². The number of hydrogen-bond donors (Lipinski definition) is 1. The summed E-state index contributed by atoms with van der Waals surface area (Å²) in [5, 5.41) is 11.1. The van der Waals surface area contributed by atoms with Gasteiger partial charge in [-0.1, -0.05) is 6.07 Å². The highest BCUT2D eigenvalue weighted by atomic mass is 32.2. The summed E-state index contributed by atoms with van der Waals surface area (Å²) in [6.07, 6.45) is 1.52. The molecule has 2 aromatic heterocycles. The maximum atomic E-state index is 12.9. The van der Waals surface area contributed by atoms with Gasteiger partial charge < -0.3 is 5.32 Å². The van der Waals surface area contributed by atoms with Crippen molar-refractivity contribution in [2.45, 2.75) is 10.8 Å². The van der Waals surface area contributed by atoms with Gasteiger partial charge in [0.05, 0.1) is 10.6 Å². The fourth-order valence-corrected chi connectivity index (χ4v) is 3.20. The third kappa shape index (κ3) is 4.12. The Morgan fingerprint density at radius 2 is 1.85 bits per heavy atom. The second-order valence-corrected chi connectivity index (χ2v) is 6.72. The van der Waals surface area contributed by atoms with Crippen LogP contribution in [0.25, 0.3) is 11.0 Å². The predicted molar refractivity (Wildman–Crippen MR) is 100.0 cm³/mol. The molecule has 0 aliphatic carbocycles. The number of pyridine rings is 1. The van der Waals surface area contributed by atoms with Crippen molar-refractivity contribution in [3.8, 4) is 0 Å². The Labute approximate surface area is 157 Å². The van der Waals surface area contributed by atoms with E-state index in [1.54, 1.807) is 23.9 Å². The van der Waals surface area contributed by atoms with Gasteiger partial charge in [0, 0.05) is 17.6 Å². The van der Waals surface area contributed by atoms with Crippen molar-refractivity contribution in [3.63, 3.8) is 0 Å². The van der Waals surface area contributed by atoms with Gasteiger partial charge in [0.1, 0.15) is 16.9 Å². The van der Waals surface area contributed by atoms with E-state index in [9.17, 15) is 9.18 Å². The third-order valence-corrected chi connectivity index (χ3v) is 4.82. The van der Waals surface area contributed by atoms with Crippen molar-refractivity contribution in [3.05, 3.63) is 77.7 Å². The minimum Gasteiger partial charge on any atom is -0.322 e. The topological polar surface area (TPSA) is 80.9 Å². The highest BCUT2D eigenvalue weighted by Gasteiger charge is 2.08. The van der Waals surface area contributed by atoms with E-state index in [1.165, 1.54) is 30.5 Å². The van der Waals surface area contributed by atoms with Gasteiger partial charge in [-0.2, -0.15) is 0 Å². The zero-order valence-corrected chi connectivity index (χ0v) is 14.7. The number of hydrogen-bond acceptors (Lipinski definition) is 6. The molecule has 27 heavy (non-hydrogen) atoms. The quantitative estimate of drug-likeness (QED) is 0.520. The molecule has 0 aliphatic rings. The van der Waals surface area contributed by atoms with Crippen LogP contribution in [0.2, 0.25) is 0 Å². The molecule has 0 bridgehead atoms. The van der Waals surface area contributed by atoms with Crippen molar-refractivity contribution in [2.75, 3.05) is 5.32 Å². The van der Waals surface area contributed by atoms with Gasteiger partial charge in [-0.15, -0.1) is 11.8 Å². The summed E-state index contributed by atoms with van der Waals surface area (Å²) in [5.41, 5.74) is 3.46. The number of nitrogens with one attached hydrogen (secondary N) is 1. The number of anilines is 1. The van der Waals surface area contributed by atoms with Crippen molar-refractivity contribution in [2.24, 2.45) is 0 Å². The number of nitrogens with zero attached hydrogens (tertiary/aromatic N) is 3. The van der Waals surface area contributed by atoms with Crippen molar-refractivity contribution >= 4 is 34.4 Å². The van der Waals surface area contributed by atoms with Crippen LogP contribution in [-0.4, -0.2) is 21.2 Å². The predicted octanol–water partition coefficient (Wildman–Crippen LogP) is 4.30. The Bertz CT molecular complexity index is 1080. The number of halogens is 1. The van der Waals surface area contributed by atoms with E-state index in [2.05, 4.69) is 20.6 Å². The maximum Gasteiger partial charge on any atom is 0.257 e. The molecule has 0 unspecified atom stereocenters. The standard InChI is InChI=1S/C19H13FN4O2S/c20-14-3-5-15(6-4-14)22-19(25)13-2-8-18(21-10-13)27-11-12-1-7-16-17(9-12)24-26-23-16/h1-10H,11H2,(H,22,25). The summed E-state index contributed by atoms with van der Waals surface area (Å²) < 4.78 is 17.6. The second-order valence-electron chi connectivity index (χ2n) is 5.72. The van der Waals surface area contributed by atoms with Crippen LogP contribution >= 0.6 is 11.8 Å². The number of rotatable bonds is 5. The van der Waals surface area contributed by atoms with Gasteiger partial charge in [0.15, 0.2) is 0 Å². The average molecular weight is 380 g/mol. The van der Waals surface area contributed by atoms with Gasteiger partial charge >= 0.3 is 0 Å². The van der Waals surface area contributed by atoms with Crippen molar-refractivity contribution < 1.29 is 13.8 Å². The summed E-state index contributed by atoms with van der Waals surface area (Å²) in [4.78, 5) is 16.5. The lowest BCUT2D eigenvalue weighted by atomic mass is 10.2. The molecular weight excluding hydrogens is 367 g/mol. The first kappa shape index (κ1) is 17.2. The Balaban J connectivity index is 1.37. The number of fused-ring (bicyclic) bond motifs is 1. The lowest BCUT2D eigenvalue weighted by Crippen LogP contribution is -2.12. The Kier molecular flexibility index (Phi) is 4.80. The van der Waals surface area contributed by atoms with Crippen molar-refractivity contribution in [1.82, 2.24) is 15.3 Å². The summed E-state index contributed by atoms with van der Waals surface area (Å²) in [6, 6.07) is 14.8. The highest BCUT2D eigenvalue weighted by molar-refractivity contribution is 7.98. The molecule has 8 heteroatoms. The van der Waals surface area contributed by atoms with Crippen molar-refractivity contribution in [1.29, 1.82) is 0 Å². The molecule has 134 valence electrons. The number of thioether (sulfide) groups is 1. The molecule has 4 aromatic rings. The molecular formula is C19H13FN4O2S. The summed E-state index contributed by atoms with van der Waals surface area (Å²) in [5.74, 6) is 0.0568. The van der Waals surface area contributed by atoms with E-state index >= 15 is 0 Å². The van der Waals surface area contributed by atoms with Crippen LogP contribution in [0.4, 0.5) is 10.1 Å². The fourth-order valence-electron chi connectivity index (χ4n) is 2.41. The van der Waals surface area contributed by atoms with E-state index in [0.717, 1.165) is 16.1 Å². The lowest BCUT2D eigenvalue weighted by molar-refractivity contribution is 0.102. The number of carbonyl (C=O) groups is 1. The molecule has 0 spiro atoms. The van der Waals surface area contributed by atoms with E-state index in [4.69, 9.17) is 4.63 Å². The first-order valence-electron chi connectivity index (χ1n) is 8.04. The summed E-state index contributed by atoms with van der Waals surface area (Å²) >= 11 is 1.55. The van der Waals surface area contributed by atoms with Crippen LogP contribution in [0.1, 0.15) is 15.9 Å². The Hall–Kier alpha value is -3.26. The van der Waals surface area contributed by atoms with Crippen LogP contribution < -0.4 is 5.32 Å². The number of aromatic nitrogens is 3. The van der Waals surface area contributed by atoms with Crippen LogP contribution in [0.3, 0.4) is 0 Å². The molecule has 0 saturated heterocycles. The molecule has 1 amide bonds. The van der Waals surface area contributed by atoms with Crippen LogP contribution in [0.15, 0.2) is 70.4 Å². The highest BCUT2D eigenvalue weighted by Crippen LogP contribution is 2.23. The first-order chi connectivity index (χ1) is 13.2. The molecule has 1 N–H and O–H groups in total. The third-order valence-electron chi connectivity index (χ3n) is 3.81. The second kappa shape index (κ2) is 7.55. The Morgan fingerprint density at radius 3 is 2.63 bits per heavy atom. The maximum absolute atomic E-state index is 12.9. The zero-order valence-electron chi connectivity index (χ0n) is 13.9. The monoisotopic (exact) mass is 380 g/mol. The molecule has 6 nitrogen and oxygen atoms in total. The largest absolute Gasteiger partial charge is 0.322 e. The number of carbonyl (C=O) groups excluding carboxylic acids is 1. The van der Waals surface area contributed by atoms with E-state index in [0.29, 0.717) is 22.5 Å². The van der Waals surface area contributed by atoms with Gasteiger partial charge in [-0.25, -0.2) is 14.0 Å². The molecule has 0 aliphatic heterocycles. The smallest absolute Gasteiger partial charge is 0.257 e. The Morgan fingerprint density at radius 1 is 1.04 bits per heavy atom. The summed E-state index contributed by atoms with van der Waals surface area (Å²) in [6.45, 7) is 0. The molecule has 0 saturated carbocycles. The average Bonchev–Trinajstić information content (AvgIpc) is 3.16. The minimum absolute atomic E-state index is 0.297. The normalized spacial score (nSPS) is 10.9. The first-order valence-corrected chi connectivity index (χ1v) is 9.03. The van der Waals surface area contributed by atoms with Crippen LogP contribution in [0, 0.1) is 5.82 Å². The molecule has 0 fully saturated rings. The molecule has 0 radical (unpaired) electrons. The molecule has 0 atom stereocenters. The number of benzene rings is 2. The molecule has 4 rings (SSSR count). The van der Waals surface area contributed by atoms with Crippen LogP contribution in [-0.2, 0) is 5.75 Å². The minimum atomic E-state index is -0.352. The van der Waals surface area contributed by atoms with E-state index in [-0.39, 0.29) is 11.7 Å². The van der Waals surface area contributed by atoms with Gasteiger partial charge in [-0.05, 0) is 64.4 Å². The van der Waals surface area contributed by atoms with Gasteiger partial charge in [0.2, 0.25) is 0 Å². The van der Waals surface area contributed by atoms with Gasteiger partial charge in [0.25, 0.3) is 5.91 Å². The molecule has 2 heterocycles. The fraction of sp³-hybridized carbons (Fsp3) is 0.0526.